The molecule has 0 N–H and O–H groups in total. The van der Waals surface area contributed by atoms with E-state index in [1.807, 2.05) is 6.08 Å². The lowest BCUT2D eigenvalue weighted by atomic mass is 10.1. The van der Waals surface area contributed by atoms with Gasteiger partial charge < -0.3 is 4.57 Å². The van der Waals surface area contributed by atoms with E-state index in [-0.39, 0.29) is 0 Å². The van der Waals surface area contributed by atoms with Crippen LogP contribution in [0.15, 0.2) is 37.0 Å². The van der Waals surface area contributed by atoms with E-state index in [4.69, 9.17) is 0 Å². The lowest BCUT2D eigenvalue weighted by Gasteiger charge is -1.96. The summed E-state index contributed by atoms with van der Waals surface area (Å²) in [6.45, 7) is 3.74. The number of aromatic nitrogens is 1. The van der Waals surface area contributed by atoms with Crippen LogP contribution >= 0.6 is 0 Å². The Labute approximate surface area is 71.9 Å². The number of hydrogen-bond acceptors (Lipinski definition) is 0. The third-order valence-corrected chi connectivity index (χ3v) is 2.14. The first-order valence-electron chi connectivity index (χ1n) is 3.99. The molecule has 1 aromatic carbocycles. The summed E-state index contributed by atoms with van der Waals surface area (Å²) >= 11 is 0. The van der Waals surface area contributed by atoms with Gasteiger partial charge in [-0.2, -0.15) is 0 Å². The fraction of sp³-hybridized carbons (Fsp3) is 0.0909. The standard InChI is InChI=1S/C11H11N/c1-3-9-4-5-11-10(8-9)6-7-12(11)2/h3-8H,1H2,2H3. The Bertz CT molecular complexity index is 423. The summed E-state index contributed by atoms with van der Waals surface area (Å²) in [6, 6.07) is 8.45. The maximum Gasteiger partial charge on any atom is 0.0478 e. The van der Waals surface area contributed by atoms with Crippen molar-refractivity contribution in [1.82, 2.24) is 4.57 Å². The molecule has 0 fully saturated rings. The largest absolute Gasteiger partial charge is 0.351 e. The molecule has 0 amide bonds. The third kappa shape index (κ3) is 0.944. The molecule has 2 aromatic rings. The smallest absolute Gasteiger partial charge is 0.0478 e. The van der Waals surface area contributed by atoms with Crippen LogP contribution in [-0.4, -0.2) is 4.57 Å². The van der Waals surface area contributed by atoms with E-state index in [0.717, 1.165) is 0 Å². The molecule has 1 nitrogen and oxygen atoms in total. The van der Waals surface area contributed by atoms with Crippen LogP contribution in [0.2, 0.25) is 0 Å². The predicted octanol–water partition coefficient (Wildman–Crippen LogP) is 2.82. The van der Waals surface area contributed by atoms with E-state index in [1.165, 1.54) is 16.5 Å². The zero-order valence-corrected chi connectivity index (χ0v) is 7.12. The van der Waals surface area contributed by atoms with Gasteiger partial charge in [0.25, 0.3) is 0 Å². The minimum Gasteiger partial charge on any atom is -0.351 e. The van der Waals surface area contributed by atoms with Crippen molar-refractivity contribution in [1.29, 1.82) is 0 Å². The van der Waals surface area contributed by atoms with E-state index >= 15 is 0 Å². The van der Waals surface area contributed by atoms with Crippen LogP contribution in [-0.2, 0) is 7.05 Å². The topological polar surface area (TPSA) is 4.93 Å². The predicted molar refractivity (Wildman–Crippen MR) is 53.0 cm³/mol. The summed E-state index contributed by atoms with van der Waals surface area (Å²) in [5, 5.41) is 1.27. The molecule has 1 aromatic heterocycles. The normalized spacial score (nSPS) is 10.4. The van der Waals surface area contributed by atoms with Gasteiger partial charge in [0.1, 0.15) is 0 Å². The van der Waals surface area contributed by atoms with Crippen molar-refractivity contribution < 1.29 is 0 Å². The van der Waals surface area contributed by atoms with Gasteiger partial charge >= 0.3 is 0 Å². The first-order chi connectivity index (χ1) is 5.81. The number of benzene rings is 1. The second-order valence-corrected chi connectivity index (χ2v) is 2.95. The summed E-state index contributed by atoms with van der Waals surface area (Å²) in [7, 11) is 2.05. The van der Waals surface area contributed by atoms with E-state index in [0.29, 0.717) is 0 Å². The van der Waals surface area contributed by atoms with Crippen LogP contribution in [0.5, 0.6) is 0 Å². The first kappa shape index (κ1) is 7.17. The van der Waals surface area contributed by atoms with Gasteiger partial charge in [0, 0.05) is 24.1 Å². The van der Waals surface area contributed by atoms with Gasteiger partial charge in [-0.15, -0.1) is 0 Å². The zero-order chi connectivity index (χ0) is 8.55. The molecular formula is C11H11N. The minimum absolute atomic E-state index is 1.17. The lowest BCUT2D eigenvalue weighted by molar-refractivity contribution is 0.969. The molecule has 2 rings (SSSR count). The number of fused-ring (bicyclic) bond motifs is 1. The summed E-state index contributed by atoms with van der Waals surface area (Å²) in [5.74, 6) is 0. The van der Waals surface area contributed by atoms with Crippen LogP contribution < -0.4 is 0 Å². The van der Waals surface area contributed by atoms with Crippen molar-refractivity contribution in [3.05, 3.63) is 42.6 Å². The molecule has 0 radical (unpaired) electrons. The fourth-order valence-corrected chi connectivity index (χ4v) is 1.43. The highest BCUT2D eigenvalue weighted by atomic mass is 14.9. The van der Waals surface area contributed by atoms with Gasteiger partial charge in [-0.1, -0.05) is 18.7 Å². The maximum atomic E-state index is 3.74. The highest BCUT2D eigenvalue weighted by Crippen LogP contribution is 2.16. The molecule has 60 valence electrons. The fourth-order valence-electron chi connectivity index (χ4n) is 1.43. The van der Waals surface area contributed by atoms with Gasteiger partial charge in [0.15, 0.2) is 0 Å². The van der Waals surface area contributed by atoms with Crippen LogP contribution in [0.25, 0.3) is 17.0 Å². The van der Waals surface area contributed by atoms with E-state index in [9.17, 15) is 0 Å². The number of rotatable bonds is 1. The van der Waals surface area contributed by atoms with Crippen LogP contribution in [0.4, 0.5) is 0 Å². The van der Waals surface area contributed by atoms with E-state index in [2.05, 4.69) is 48.7 Å². The molecule has 0 bridgehead atoms. The van der Waals surface area contributed by atoms with Crippen molar-refractivity contribution in [2.45, 2.75) is 0 Å². The molecule has 0 aliphatic rings. The summed E-state index contributed by atoms with van der Waals surface area (Å²) in [6.07, 6.45) is 3.93. The minimum atomic E-state index is 1.17. The summed E-state index contributed by atoms with van der Waals surface area (Å²) in [5.41, 5.74) is 2.44. The first-order valence-corrected chi connectivity index (χ1v) is 3.99. The quantitative estimate of drug-likeness (QED) is 0.600. The number of nitrogens with zero attached hydrogens (tertiary/aromatic N) is 1. The molecule has 1 heterocycles. The van der Waals surface area contributed by atoms with Gasteiger partial charge in [0.05, 0.1) is 0 Å². The Balaban J connectivity index is 2.77. The molecule has 1 heteroatoms. The third-order valence-electron chi connectivity index (χ3n) is 2.14. The molecule has 12 heavy (non-hydrogen) atoms. The molecule has 0 spiro atoms. The summed E-state index contributed by atoms with van der Waals surface area (Å²) in [4.78, 5) is 0. The molecule has 0 unspecified atom stereocenters. The average molecular weight is 157 g/mol. The Morgan fingerprint density at radius 2 is 2.17 bits per heavy atom. The molecular weight excluding hydrogens is 146 g/mol. The van der Waals surface area contributed by atoms with Gasteiger partial charge in [0.2, 0.25) is 0 Å². The highest BCUT2D eigenvalue weighted by molar-refractivity contribution is 5.82. The number of hydrogen-bond donors (Lipinski definition) is 0. The second kappa shape index (κ2) is 2.52. The number of aryl methyl sites for hydroxylation is 1. The molecule has 0 saturated heterocycles. The Morgan fingerprint density at radius 3 is 2.92 bits per heavy atom. The van der Waals surface area contributed by atoms with Gasteiger partial charge in [-0.3, -0.25) is 0 Å². The zero-order valence-electron chi connectivity index (χ0n) is 7.12. The van der Waals surface area contributed by atoms with Crippen molar-refractivity contribution in [2.24, 2.45) is 7.05 Å². The van der Waals surface area contributed by atoms with Crippen LogP contribution in [0, 0.1) is 0 Å². The average Bonchev–Trinajstić information content (AvgIpc) is 2.47. The lowest BCUT2D eigenvalue weighted by Crippen LogP contribution is -1.82. The Morgan fingerprint density at radius 1 is 1.33 bits per heavy atom. The van der Waals surface area contributed by atoms with Gasteiger partial charge in [-0.05, 0) is 23.8 Å². The molecule has 0 aliphatic heterocycles. The Kier molecular flexibility index (Phi) is 1.51. The maximum absolute atomic E-state index is 3.74. The van der Waals surface area contributed by atoms with E-state index < -0.39 is 0 Å². The molecule has 0 aliphatic carbocycles. The SMILES string of the molecule is C=Cc1ccc2c(ccn2C)c1. The van der Waals surface area contributed by atoms with Crippen molar-refractivity contribution in [3.8, 4) is 0 Å². The Hall–Kier alpha value is -1.50. The molecule has 0 saturated carbocycles. The highest BCUT2D eigenvalue weighted by Gasteiger charge is 1.96. The van der Waals surface area contributed by atoms with Crippen LogP contribution in [0.1, 0.15) is 5.56 Å². The van der Waals surface area contributed by atoms with Crippen molar-refractivity contribution in [3.63, 3.8) is 0 Å². The summed E-state index contributed by atoms with van der Waals surface area (Å²) < 4.78 is 2.11. The monoisotopic (exact) mass is 157 g/mol. The van der Waals surface area contributed by atoms with Gasteiger partial charge in [-0.25, -0.2) is 0 Å². The molecule has 0 atom stereocenters. The second-order valence-electron chi connectivity index (χ2n) is 2.95. The van der Waals surface area contributed by atoms with E-state index in [1.54, 1.807) is 0 Å². The van der Waals surface area contributed by atoms with Crippen LogP contribution in [0.3, 0.4) is 0 Å². The van der Waals surface area contributed by atoms with Crippen molar-refractivity contribution in [2.75, 3.05) is 0 Å². The van der Waals surface area contributed by atoms with Crippen molar-refractivity contribution >= 4 is 17.0 Å².